The Hall–Kier alpha value is -2.63. The third kappa shape index (κ3) is 42.4. The first-order valence-corrected chi connectivity index (χ1v) is 23.2. The number of unbranched alkanes of at least 4 members (excludes halogenated alkanes) is 24. The molecule has 0 saturated heterocycles. The molecule has 0 aliphatic rings. The van der Waals surface area contributed by atoms with E-state index < -0.39 is 6.10 Å². The Morgan fingerprint density at radius 1 is 0.364 bits per heavy atom. The van der Waals surface area contributed by atoms with E-state index in [9.17, 15) is 14.4 Å². The van der Waals surface area contributed by atoms with E-state index in [1.807, 2.05) is 0 Å². The number of carbonyl (C=O) groups excluding carboxylic acids is 3. The summed E-state index contributed by atoms with van der Waals surface area (Å²) in [5.41, 5.74) is 0. The first kappa shape index (κ1) is 52.4. The van der Waals surface area contributed by atoms with Crippen LogP contribution in [0.15, 0.2) is 48.6 Å². The van der Waals surface area contributed by atoms with Crippen molar-refractivity contribution < 1.29 is 28.6 Å². The van der Waals surface area contributed by atoms with Crippen LogP contribution in [0.3, 0.4) is 0 Å². The topological polar surface area (TPSA) is 78.9 Å². The molecule has 0 heterocycles. The Morgan fingerprint density at radius 2 is 0.655 bits per heavy atom. The lowest BCUT2D eigenvalue weighted by atomic mass is 10.1. The van der Waals surface area contributed by atoms with E-state index in [2.05, 4.69) is 69.4 Å². The molecule has 55 heavy (non-hydrogen) atoms. The van der Waals surface area contributed by atoms with Crippen molar-refractivity contribution in [2.24, 2.45) is 0 Å². The number of hydrogen-bond donors (Lipinski definition) is 0. The van der Waals surface area contributed by atoms with Gasteiger partial charge in [0, 0.05) is 19.3 Å². The Labute approximate surface area is 339 Å². The highest BCUT2D eigenvalue weighted by Gasteiger charge is 2.19. The van der Waals surface area contributed by atoms with E-state index in [0.29, 0.717) is 19.3 Å². The summed E-state index contributed by atoms with van der Waals surface area (Å²) in [5, 5.41) is 0. The maximum atomic E-state index is 12.7. The Bertz CT molecular complexity index is 980. The summed E-state index contributed by atoms with van der Waals surface area (Å²) in [5.74, 6) is -0.928. The second-order valence-electron chi connectivity index (χ2n) is 15.4. The second kappa shape index (κ2) is 44.1. The monoisotopic (exact) mass is 771 g/mol. The van der Waals surface area contributed by atoms with Crippen molar-refractivity contribution in [1.82, 2.24) is 0 Å². The molecule has 0 aromatic heterocycles. The van der Waals surface area contributed by atoms with E-state index in [4.69, 9.17) is 14.2 Å². The summed E-state index contributed by atoms with van der Waals surface area (Å²) in [6.45, 7) is 6.51. The molecular formula is C49H86O6. The fourth-order valence-electron chi connectivity index (χ4n) is 6.29. The average Bonchev–Trinajstić information content (AvgIpc) is 3.18. The third-order valence-electron chi connectivity index (χ3n) is 9.86. The minimum Gasteiger partial charge on any atom is -0.462 e. The van der Waals surface area contributed by atoms with Gasteiger partial charge < -0.3 is 14.2 Å². The molecule has 6 nitrogen and oxygen atoms in total. The van der Waals surface area contributed by atoms with Gasteiger partial charge in [-0.05, 0) is 64.2 Å². The van der Waals surface area contributed by atoms with Gasteiger partial charge in [-0.3, -0.25) is 14.4 Å². The number of ether oxygens (including phenoxy) is 3. The molecular weight excluding hydrogens is 685 g/mol. The van der Waals surface area contributed by atoms with Crippen LogP contribution in [0.2, 0.25) is 0 Å². The number of allylic oxidation sites excluding steroid dienone is 8. The molecule has 0 aromatic rings. The van der Waals surface area contributed by atoms with Gasteiger partial charge in [0.05, 0.1) is 0 Å². The van der Waals surface area contributed by atoms with Gasteiger partial charge in [0.15, 0.2) is 6.10 Å². The molecule has 6 heteroatoms. The SMILES string of the molecule is CCCC/C=C\C=C/CCCCCC(=O)OC(COC(=O)CCCCCCCC/C=C\C=C/CCCCC)COC(=O)CCCCCCCCCCCCC. The molecule has 318 valence electrons. The molecule has 0 spiro atoms. The molecule has 0 aliphatic carbocycles. The Kier molecular flexibility index (Phi) is 42.0. The number of rotatable bonds is 41. The van der Waals surface area contributed by atoms with Crippen LogP contribution in [0.25, 0.3) is 0 Å². The first-order valence-electron chi connectivity index (χ1n) is 23.2. The normalized spacial score (nSPS) is 12.4. The predicted octanol–water partition coefficient (Wildman–Crippen LogP) is 14.8. The van der Waals surface area contributed by atoms with Gasteiger partial charge in [-0.1, -0.05) is 191 Å². The minimum absolute atomic E-state index is 0.0864. The molecule has 1 atom stereocenters. The minimum atomic E-state index is -0.786. The zero-order chi connectivity index (χ0) is 40.1. The average molecular weight is 771 g/mol. The fourth-order valence-corrected chi connectivity index (χ4v) is 6.29. The van der Waals surface area contributed by atoms with Crippen molar-refractivity contribution in [3.05, 3.63) is 48.6 Å². The van der Waals surface area contributed by atoms with E-state index in [-0.39, 0.29) is 31.1 Å². The van der Waals surface area contributed by atoms with Crippen LogP contribution < -0.4 is 0 Å². The van der Waals surface area contributed by atoms with Crippen molar-refractivity contribution in [2.75, 3.05) is 13.2 Å². The largest absolute Gasteiger partial charge is 0.462 e. The highest BCUT2D eigenvalue weighted by atomic mass is 16.6. The maximum absolute atomic E-state index is 12.7. The van der Waals surface area contributed by atoms with E-state index in [1.165, 1.54) is 109 Å². The van der Waals surface area contributed by atoms with Gasteiger partial charge in [-0.15, -0.1) is 0 Å². The van der Waals surface area contributed by atoms with Gasteiger partial charge in [0.2, 0.25) is 0 Å². The molecule has 0 aromatic carbocycles. The summed E-state index contributed by atoms with van der Waals surface area (Å²) in [6.07, 6.45) is 50.9. The third-order valence-corrected chi connectivity index (χ3v) is 9.86. The van der Waals surface area contributed by atoms with Gasteiger partial charge in [-0.25, -0.2) is 0 Å². The summed E-state index contributed by atoms with van der Waals surface area (Å²) < 4.78 is 16.7. The lowest BCUT2D eigenvalue weighted by Crippen LogP contribution is -2.30. The summed E-state index contributed by atoms with van der Waals surface area (Å²) in [4.78, 5) is 37.7. The van der Waals surface area contributed by atoms with Gasteiger partial charge in [0.25, 0.3) is 0 Å². The first-order chi connectivity index (χ1) is 27.0. The quantitative estimate of drug-likeness (QED) is 0.0267. The summed E-state index contributed by atoms with van der Waals surface area (Å²) in [6, 6.07) is 0. The smallest absolute Gasteiger partial charge is 0.306 e. The van der Waals surface area contributed by atoms with Crippen LogP contribution in [0, 0.1) is 0 Å². The summed E-state index contributed by atoms with van der Waals surface area (Å²) in [7, 11) is 0. The zero-order valence-electron chi connectivity index (χ0n) is 36.2. The molecule has 0 rings (SSSR count). The van der Waals surface area contributed by atoms with E-state index >= 15 is 0 Å². The van der Waals surface area contributed by atoms with Crippen LogP contribution in [0.1, 0.15) is 226 Å². The van der Waals surface area contributed by atoms with Crippen LogP contribution in [0.4, 0.5) is 0 Å². The maximum Gasteiger partial charge on any atom is 0.306 e. The van der Waals surface area contributed by atoms with E-state index in [0.717, 1.165) is 77.0 Å². The second-order valence-corrected chi connectivity index (χ2v) is 15.4. The highest BCUT2D eigenvalue weighted by molar-refractivity contribution is 5.71. The molecule has 0 radical (unpaired) electrons. The van der Waals surface area contributed by atoms with Crippen LogP contribution >= 0.6 is 0 Å². The van der Waals surface area contributed by atoms with Crippen molar-refractivity contribution in [2.45, 2.75) is 232 Å². The van der Waals surface area contributed by atoms with Crippen LogP contribution in [-0.4, -0.2) is 37.2 Å². The molecule has 0 amide bonds. The van der Waals surface area contributed by atoms with Crippen molar-refractivity contribution >= 4 is 17.9 Å². The van der Waals surface area contributed by atoms with Gasteiger partial charge in [-0.2, -0.15) is 0 Å². The molecule has 0 bridgehead atoms. The standard InChI is InChI=1S/C49H86O6/c1-4-7-10-13-16-19-22-23-24-25-28-30-33-36-39-42-48(51)54-45-46(55-49(52)43-40-37-34-31-27-21-18-15-12-9-6-3)44-53-47(50)41-38-35-32-29-26-20-17-14-11-8-5-2/h15-16,18-19,21-23,27,46H,4-14,17,20,24-26,28-45H2,1-3H3/b18-15-,19-16-,23-22-,27-21-. The predicted molar refractivity (Wildman–Crippen MR) is 233 cm³/mol. The van der Waals surface area contributed by atoms with Crippen LogP contribution in [-0.2, 0) is 28.6 Å². The lowest BCUT2D eigenvalue weighted by molar-refractivity contribution is -0.167. The van der Waals surface area contributed by atoms with Crippen molar-refractivity contribution in [3.8, 4) is 0 Å². The molecule has 0 fully saturated rings. The van der Waals surface area contributed by atoms with Gasteiger partial charge in [0.1, 0.15) is 13.2 Å². The fraction of sp³-hybridized carbons (Fsp3) is 0.776. The molecule has 0 saturated carbocycles. The van der Waals surface area contributed by atoms with Crippen LogP contribution in [0.5, 0.6) is 0 Å². The Morgan fingerprint density at radius 3 is 1.07 bits per heavy atom. The zero-order valence-corrected chi connectivity index (χ0v) is 36.2. The number of esters is 3. The highest BCUT2D eigenvalue weighted by Crippen LogP contribution is 2.14. The van der Waals surface area contributed by atoms with Crippen molar-refractivity contribution in [1.29, 1.82) is 0 Å². The van der Waals surface area contributed by atoms with Crippen molar-refractivity contribution in [3.63, 3.8) is 0 Å². The number of carbonyl (C=O) groups is 3. The number of hydrogen-bond acceptors (Lipinski definition) is 6. The molecule has 0 aliphatic heterocycles. The van der Waals surface area contributed by atoms with E-state index in [1.54, 1.807) is 0 Å². The lowest BCUT2D eigenvalue weighted by Gasteiger charge is -2.18. The molecule has 0 N–H and O–H groups in total. The van der Waals surface area contributed by atoms with Gasteiger partial charge >= 0.3 is 17.9 Å². The summed E-state index contributed by atoms with van der Waals surface area (Å²) >= 11 is 0. The molecule has 1 unspecified atom stereocenters. The Balaban J connectivity index is 4.41.